The van der Waals surface area contributed by atoms with Gasteiger partial charge in [0.05, 0.1) is 0 Å². The Labute approximate surface area is 137 Å². The molecule has 0 bridgehead atoms. The summed E-state index contributed by atoms with van der Waals surface area (Å²) < 4.78 is 0. The third kappa shape index (κ3) is 3.01. The summed E-state index contributed by atoms with van der Waals surface area (Å²) in [7, 11) is 0. The Balaban J connectivity index is 1.47. The number of rotatable bonds is 2. The SMILES string of the molecule is O=C(NC1CCCCCC1)C1CCc2[nH]c3ccccc3c2C1. The van der Waals surface area contributed by atoms with Crippen molar-refractivity contribution in [3.05, 3.63) is 35.5 Å². The van der Waals surface area contributed by atoms with Gasteiger partial charge in [0.25, 0.3) is 0 Å². The van der Waals surface area contributed by atoms with Crippen molar-refractivity contribution in [2.24, 2.45) is 5.92 Å². The minimum absolute atomic E-state index is 0.143. The summed E-state index contributed by atoms with van der Waals surface area (Å²) >= 11 is 0. The lowest BCUT2D eigenvalue weighted by atomic mass is 9.85. The number of hydrogen-bond acceptors (Lipinski definition) is 1. The quantitative estimate of drug-likeness (QED) is 0.806. The fourth-order valence-electron chi connectivity index (χ4n) is 4.34. The number of aromatic nitrogens is 1. The molecule has 1 unspecified atom stereocenters. The fraction of sp³-hybridized carbons (Fsp3) is 0.550. The molecule has 0 saturated heterocycles. The molecular formula is C20H26N2O. The van der Waals surface area contributed by atoms with Crippen LogP contribution in [0.5, 0.6) is 0 Å². The van der Waals surface area contributed by atoms with Gasteiger partial charge in [-0.25, -0.2) is 0 Å². The Morgan fingerprint density at radius 2 is 1.83 bits per heavy atom. The zero-order valence-corrected chi connectivity index (χ0v) is 13.7. The van der Waals surface area contributed by atoms with Crippen LogP contribution >= 0.6 is 0 Å². The monoisotopic (exact) mass is 310 g/mol. The van der Waals surface area contributed by atoms with E-state index in [2.05, 4.69) is 34.6 Å². The van der Waals surface area contributed by atoms with E-state index in [4.69, 9.17) is 0 Å². The van der Waals surface area contributed by atoms with Crippen molar-refractivity contribution in [2.45, 2.75) is 63.8 Å². The van der Waals surface area contributed by atoms with Crippen LogP contribution in [0, 0.1) is 5.92 Å². The van der Waals surface area contributed by atoms with E-state index in [0.717, 1.165) is 32.1 Å². The van der Waals surface area contributed by atoms with E-state index in [1.165, 1.54) is 47.8 Å². The summed E-state index contributed by atoms with van der Waals surface area (Å²) in [6, 6.07) is 8.88. The highest BCUT2D eigenvalue weighted by molar-refractivity contribution is 5.87. The average Bonchev–Trinajstić information content (AvgIpc) is 2.74. The highest BCUT2D eigenvalue weighted by Gasteiger charge is 2.28. The molecule has 1 aromatic carbocycles. The molecule has 1 heterocycles. The van der Waals surface area contributed by atoms with Crippen molar-refractivity contribution in [1.82, 2.24) is 10.3 Å². The van der Waals surface area contributed by atoms with Crippen LogP contribution < -0.4 is 5.32 Å². The Kier molecular flexibility index (Phi) is 4.11. The number of aryl methyl sites for hydroxylation is 1. The first-order valence-electron chi connectivity index (χ1n) is 9.20. The number of carbonyl (C=O) groups is 1. The Morgan fingerprint density at radius 1 is 1.04 bits per heavy atom. The van der Waals surface area contributed by atoms with Crippen LogP contribution in [0.2, 0.25) is 0 Å². The zero-order valence-electron chi connectivity index (χ0n) is 13.7. The van der Waals surface area contributed by atoms with E-state index in [0.29, 0.717) is 6.04 Å². The third-order valence-electron chi connectivity index (χ3n) is 5.67. The summed E-state index contributed by atoms with van der Waals surface area (Å²) in [4.78, 5) is 16.3. The molecule has 4 rings (SSSR count). The molecule has 2 aromatic rings. The van der Waals surface area contributed by atoms with Gasteiger partial charge >= 0.3 is 0 Å². The molecule has 23 heavy (non-hydrogen) atoms. The van der Waals surface area contributed by atoms with Crippen LogP contribution in [-0.2, 0) is 17.6 Å². The van der Waals surface area contributed by atoms with E-state index in [-0.39, 0.29) is 11.8 Å². The van der Waals surface area contributed by atoms with Gasteiger partial charge in [-0.1, -0.05) is 43.9 Å². The van der Waals surface area contributed by atoms with Crippen molar-refractivity contribution >= 4 is 16.8 Å². The maximum Gasteiger partial charge on any atom is 0.223 e. The lowest BCUT2D eigenvalue weighted by Crippen LogP contribution is -2.40. The van der Waals surface area contributed by atoms with Crippen LogP contribution in [0.1, 0.15) is 56.2 Å². The Bertz CT molecular complexity index is 695. The van der Waals surface area contributed by atoms with Crippen LogP contribution in [0.4, 0.5) is 0 Å². The van der Waals surface area contributed by atoms with E-state index in [9.17, 15) is 4.79 Å². The number of aromatic amines is 1. The molecule has 0 spiro atoms. The lowest BCUT2D eigenvalue weighted by Gasteiger charge is -2.25. The number of carbonyl (C=O) groups excluding carboxylic acids is 1. The highest BCUT2D eigenvalue weighted by atomic mass is 16.1. The van der Waals surface area contributed by atoms with Crippen LogP contribution in [-0.4, -0.2) is 16.9 Å². The van der Waals surface area contributed by atoms with Crippen molar-refractivity contribution in [3.63, 3.8) is 0 Å². The van der Waals surface area contributed by atoms with Gasteiger partial charge in [-0.2, -0.15) is 0 Å². The summed E-state index contributed by atoms with van der Waals surface area (Å²) in [5, 5.41) is 4.65. The van der Waals surface area contributed by atoms with Gasteiger partial charge < -0.3 is 10.3 Å². The maximum absolute atomic E-state index is 12.7. The van der Waals surface area contributed by atoms with Crippen molar-refractivity contribution in [3.8, 4) is 0 Å². The molecule has 0 aliphatic heterocycles. The number of fused-ring (bicyclic) bond motifs is 3. The smallest absolute Gasteiger partial charge is 0.223 e. The van der Waals surface area contributed by atoms with Gasteiger partial charge in [0, 0.05) is 28.6 Å². The Morgan fingerprint density at radius 3 is 2.65 bits per heavy atom. The van der Waals surface area contributed by atoms with Crippen molar-refractivity contribution in [2.75, 3.05) is 0 Å². The Hall–Kier alpha value is -1.77. The van der Waals surface area contributed by atoms with Gasteiger partial charge in [-0.15, -0.1) is 0 Å². The van der Waals surface area contributed by atoms with Crippen molar-refractivity contribution in [1.29, 1.82) is 0 Å². The van der Waals surface area contributed by atoms with Gasteiger partial charge in [0.2, 0.25) is 5.91 Å². The molecule has 3 heteroatoms. The van der Waals surface area contributed by atoms with Crippen LogP contribution in [0.15, 0.2) is 24.3 Å². The fourth-order valence-corrected chi connectivity index (χ4v) is 4.34. The van der Waals surface area contributed by atoms with Crippen LogP contribution in [0.25, 0.3) is 10.9 Å². The van der Waals surface area contributed by atoms with Gasteiger partial charge in [0.1, 0.15) is 0 Å². The molecule has 3 nitrogen and oxygen atoms in total. The largest absolute Gasteiger partial charge is 0.358 e. The lowest BCUT2D eigenvalue weighted by molar-refractivity contribution is -0.126. The highest BCUT2D eigenvalue weighted by Crippen LogP contribution is 2.32. The molecule has 1 aromatic heterocycles. The summed E-state index contributed by atoms with van der Waals surface area (Å²) in [6.45, 7) is 0. The minimum atomic E-state index is 0.143. The molecular weight excluding hydrogens is 284 g/mol. The van der Waals surface area contributed by atoms with E-state index < -0.39 is 0 Å². The normalized spacial score (nSPS) is 22.5. The predicted octanol–water partition coefficient (Wildman–Crippen LogP) is 4.11. The molecule has 1 amide bonds. The number of H-pyrrole nitrogens is 1. The summed E-state index contributed by atoms with van der Waals surface area (Å²) in [6.07, 6.45) is 10.4. The first-order chi connectivity index (χ1) is 11.3. The molecule has 1 saturated carbocycles. The second-order valence-electron chi connectivity index (χ2n) is 7.26. The molecule has 2 aliphatic rings. The summed E-state index contributed by atoms with van der Waals surface area (Å²) in [5.41, 5.74) is 3.92. The first kappa shape index (κ1) is 14.8. The average molecular weight is 310 g/mol. The third-order valence-corrected chi connectivity index (χ3v) is 5.67. The summed E-state index contributed by atoms with van der Waals surface area (Å²) in [5.74, 6) is 0.429. The second-order valence-corrected chi connectivity index (χ2v) is 7.26. The van der Waals surface area contributed by atoms with Crippen molar-refractivity contribution < 1.29 is 4.79 Å². The topological polar surface area (TPSA) is 44.9 Å². The second kappa shape index (κ2) is 6.38. The van der Waals surface area contributed by atoms with E-state index in [1.807, 2.05) is 0 Å². The van der Waals surface area contributed by atoms with Crippen LogP contribution in [0.3, 0.4) is 0 Å². The first-order valence-corrected chi connectivity index (χ1v) is 9.20. The maximum atomic E-state index is 12.7. The molecule has 1 fully saturated rings. The predicted molar refractivity (Wildman–Crippen MR) is 93.4 cm³/mol. The number of benzene rings is 1. The van der Waals surface area contributed by atoms with E-state index in [1.54, 1.807) is 0 Å². The standard InChI is InChI=1S/C20H26N2O/c23-20(21-15-7-3-1-2-4-8-15)14-11-12-19-17(13-14)16-9-5-6-10-18(16)22-19/h5-6,9-10,14-15,22H,1-4,7-8,11-13H2,(H,21,23). The minimum Gasteiger partial charge on any atom is -0.358 e. The van der Waals surface area contributed by atoms with Gasteiger partial charge in [-0.3, -0.25) is 4.79 Å². The number of amides is 1. The molecule has 0 radical (unpaired) electrons. The molecule has 122 valence electrons. The molecule has 2 aliphatic carbocycles. The molecule has 2 N–H and O–H groups in total. The number of nitrogens with one attached hydrogen (secondary N) is 2. The number of para-hydroxylation sites is 1. The van der Waals surface area contributed by atoms with E-state index >= 15 is 0 Å². The van der Waals surface area contributed by atoms with Gasteiger partial charge in [-0.05, 0) is 43.7 Å². The zero-order chi connectivity index (χ0) is 15.6. The van der Waals surface area contributed by atoms with Gasteiger partial charge in [0.15, 0.2) is 0 Å². The number of hydrogen-bond donors (Lipinski definition) is 2. The molecule has 1 atom stereocenters.